The number of nitrogens with zero attached hydrogens (tertiary/aromatic N) is 5. The van der Waals surface area contributed by atoms with E-state index in [0.29, 0.717) is 43.2 Å². The lowest BCUT2D eigenvalue weighted by Crippen LogP contribution is -2.48. The lowest BCUT2D eigenvalue weighted by molar-refractivity contribution is 0.177. The number of piperazine rings is 1. The minimum Gasteiger partial charge on any atom is -0.324 e. The van der Waals surface area contributed by atoms with Crippen LogP contribution in [0.2, 0.25) is 0 Å². The van der Waals surface area contributed by atoms with Gasteiger partial charge in [-0.2, -0.15) is 4.31 Å². The molecule has 1 saturated heterocycles. The number of hydrogen-bond donors (Lipinski definition) is 1. The number of H-pyrrole nitrogens is 1. The molecule has 3 heterocycles. The van der Waals surface area contributed by atoms with Crippen molar-refractivity contribution in [3.63, 3.8) is 0 Å². The lowest BCUT2D eigenvalue weighted by Gasteiger charge is -2.33. The van der Waals surface area contributed by atoms with Crippen LogP contribution < -0.4 is 11.2 Å². The summed E-state index contributed by atoms with van der Waals surface area (Å²) in [6.07, 6.45) is 1.68. The molecule has 2 aromatic heterocycles. The average Bonchev–Trinajstić information content (AvgIpc) is 3.10. The van der Waals surface area contributed by atoms with Crippen LogP contribution in [0, 0.1) is 5.82 Å². The second-order valence-corrected chi connectivity index (χ2v) is 10.1. The van der Waals surface area contributed by atoms with Crippen LogP contribution >= 0.6 is 0 Å². The summed E-state index contributed by atoms with van der Waals surface area (Å²) >= 11 is 0. The molecule has 0 unspecified atom stereocenters. The van der Waals surface area contributed by atoms with Gasteiger partial charge in [-0.15, -0.1) is 0 Å². The van der Waals surface area contributed by atoms with E-state index in [1.807, 2.05) is 11.8 Å². The fraction of sp³-hybridized carbons (Fsp3) is 0.476. The smallest absolute Gasteiger partial charge is 0.324 e. The van der Waals surface area contributed by atoms with E-state index in [1.54, 1.807) is 11.6 Å². The zero-order valence-corrected chi connectivity index (χ0v) is 19.4. The zero-order chi connectivity index (χ0) is 23.8. The van der Waals surface area contributed by atoms with E-state index in [9.17, 15) is 22.4 Å². The number of hydrogen-bond acceptors (Lipinski definition) is 6. The van der Waals surface area contributed by atoms with Crippen molar-refractivity contribution in [2.24, 2.45) is 7.05 Å². The Hall–Kier alpha value is -2.83. The average molecular weight is 479 g/mol. The summed E-state index contributed by atoms with van der Waals surface area (Å²) in [7, 11) is -2.04. The first-order valence-corrected chi connectivity index (χ1v) is 12.3. The molecular weight excluding hydrogens is 451 g/mol. The van der Waals surface area contributed by atoms with E-state index in [0.717, 1.165) is 18.9 Å². The summed E-state index contributed by atoms with van der Waals surface area (Å²) in [5, 5.41) is 0. The first kappa shape index (κ1) is 23.3. The molecule has 1 N–H and O–H groups in total. The predicted molar refractivity (Wildman–Crippen MR) is 121 cm³/mol. The highest BCUT2D eigenvalue weighted by Crippen LogP contribution is 2.20. The quantitative estimate of drug-likeness (QED) is 0.539. The Morgan fingerprint density at radius 3 is 2.55 bits per heavy atom. The SMILES string of the molecule is CCCCn1c(=O)[nH]c(=O)c2c1nc(CN1CCN(S(=O)(=O)c3cccc(F)c3)CC1)n2C. The number of aryl methyl sites for hydroxylation is 2. The molecule has 10 nitrogen and oxygen atoms in total. The van der Waals surface area contributed by atoms with Gasteiger partial charge in [0, 0.05) is 39.8 Å². The topological polar surface area (TPSA) is 113 Å². The van der Waals surface area contributed by atoms with Gasteiger partial charge in [-0.1, -0.05) is 19.4 Å². The number of fused-ring (bicyclic) bond motifs is 1. The molecule has 12 heteroatoms. The third-order valence-electron chi connectivity index (χ3n) is 5.97. The van der Waals surface area contributed by atoms with Crippen molar-refractivity contribution < 1.29 is 12.8 Å². The third-order valence-corrected chi connectivity index (χ3v) is 7.87. The molecule has 1 fully saturated rings. The molecule has 0 saturated carbocycles. The molecule has 0 spiro atoms. The predicted octanol–water partition coefficient (Wildman–Crippen LogP) is 0.869. The van der Waals surface area contributed by atoms with E-state index < -0.39 is 27.1 Å². The Morgan fingerprint density at radius 1 is 1.15 bits per heavy atom. The molecule has 0 atom stereocenters. The first-order chi connectivity index (χ1) is 15.7. The summed E-state index contributed by atoms with van der Waals surface area (Å²) < 4.78 is 43.7. The monoisotopic (exact) mass is 478 g/mol. The molecular formula is C21H27FN6O4S. The maximum atomic E-state index is 13.5. The molecule has 0 bridgehead atoms. The molecule has 4 rings (SSSR count). The van der Waals surface area contributed by atoms with Gasteiger partial charge in [-0.3, -0.25) is 19.2 Å². The number of sulfonamides is 1. The maximum Gasteiger partial charge on any atom is 0.330 e. The number of halogens is 1. The normalized spacial score (nSPS) is 16.0. The first-order valence-electron chi connectivity index (χ1n) is 10.9. The third kappa shape index (κ3) is 4.50. The van der Waals surface area contributed by atoms with Crippen molar-refractivity contribution in [2.75, 3.05) is 26.2 Å². The van der Waals surface area contributed by atoms with E-state index in [1.165, 1.54) is 27.1 Å². The van der Waals surface area contributed by atoms with E-state index in [4.69, 9.17) is 0 Å². The largest absolute Gasteiger partial charge is 0.330 e. The summed E-state index contributed by atoms with van der Waals surface area (Å²) in [4.78, 5) is 33.7. The van der Waals surface area contributed by atoms with Gasteiger partial charge in [0.1, 0.15) is 11.6 Å². The van der Waals surface area contributed by atoms with Crippen LogP contribution in [0.4, 0.5) is 4.39 Å². The minimum absolute atomic E-state index is 0.0597. The second kappa shape index (κ2) is 9.20. The molecule has 0 radical (unpaired) electrons. The molecule has 3 aromatic rings. The number of imidazole rings is 1. The van der Waals surface area contributed by atoms with Crippen LogP contribution in [0.1, 0.15) is 25.6 Å². The van der Waals surface area contributed by atoms with Crippen molar-refractivity contribution in [3.05, 3.63) is 56.7 Å². The van der Waals surface area contributed by atoms with Crippen molar-refractivity contribution in [1.29, 1.82) is 0 Å². The Balaban J connectivity index is 1.52. The maximum absolute atomic E-state index is 13.5. The van der Waals surface area contributed by atoms with Crippen LogP contribution in [0.25, 0.3) is 11.2 Å². The number of rotatable bonds is 7. The lowest BCUT2D eigenvalue weighted by atomic mass is 10.3. The fourth-order valence-electron chi connectivity index (χ4n) is 4.06. The van der Waals surface area contributed by atoms with Crippen LogP contribution in [0.15, 0.2) is 38.8 Å². The van der Waals surface area contributed by atoms with Gasteiger partial charge in [0.15, 0.2) is 11.2 Å². The van der Waals surface area contributed by atoms with Crippen molar-refractivity contribution in [3.8, 4) is 0 Å². The van der Waals surface area contributed by atoms with E-state index >= 15 is 0 Å². The van der Waals surface area contributed by atoms with Gasteiger partial charge in [-0.25, -0.2) is 22.6 Å². The molecule has 1 aromatic carbocycles. The highest BCUT2D eigenvalue weighted by Gasteiger charge is 2.29. The Bertz CT molecular complexity index is 1390. The molecule has 178 valence electrons. The van der Waals surface area contributed by atoms with E-state index in [2.05, 4.69) is 9.97 Å². The molecule has 0 aliphatic carbocycles. The minimum atomic E-state index is -3.77. The number of aromatic nitrogens is 4. The highest BCUT2D eigenvalue weighted by molar-refractivity contribution is 7.89. The molecule has 1 aliphatic heterocycles. The van der Waals surface area contributed by atoms with Gasteiger partial charge in [0.05, 0.1) is 11.4 Å². The van der Waals surface area contributed by atoms with Crippen LogP contribution in [-0.2, 0) is 30.2 Å². The number of unbranched alkanes of at least 4 members (excludes halogenated alkanes) is 1. The van der Waals surface area contributed by atoms with Crippen LogP contribution in [0.5, 0.6) is 0 Å². The van der Waals surface area contributed by atoms with Gasteiger partial charge < -0.3 is 4.57 Å². The summed E-state index contributed by atoms with van der Waals surface area (Å²) in [5.41, 5.74) is -0.244. The molecule has 33 heavy (non-hydrogen) atoms. The standard InChI is InChI=1S/C21H27FN6O4S/c1-3-4-8-28-19-18(20(29)24-21(28)30)25(2)17(23-19)14-26-9-11-27(12-10-26)33(31,32)16-7-5-6-15(22)13-16/h5-7,13H,3-4,8-12,14H2,1-2H3,(H,24,29,30). The summed E-state index contributed by atoms with van der Waals surface area (Å²) in [5.74, 6) is 0.0248. The summed E-state index contributed by atoms with van der Waals surface area (Å²) in [6, 6.07) is 5.00. The number of aromatic amines is 1. The zero-order valence-electron chi connectivity index (χ0n) is 18.6. The number of benzene rings is 1. The summed E-state index contributed by atoms with van der Waals surface area (Å²) in [6.45, 7) is 4.31. The second-order valence-electron chi connectivity index (χ2n) is 8.16. The van der Waals surface area contributed by atoms with E-state index in [-0.39, 0.29) is 18.0 Å². The molecule has 1 aliphatic rings. The van der Waals surface area contributed by atoms with Crippen molar-refractivity contribution in [2.45, 2.75) is 37.8 Å². The van der Waals surface area contributed by atoms with Crippen LogP contribution in [0.3, 0.4) is 0 Å². The van der Waals surface area contributed by atoms with Gasteiger partial charge in [0.25, 0.3) is 5.56 Å². The van der Waals surface area contributed by atoms with Crippen molar-refractivity contribution in [1.82, 2.24) is 28.3 Å². The Kier molecular flexibility index (Phi) is 6.50. The van der Waals surface area contributed by atoms with Crippen molar-refractivity contribution >= 4 is 21.2 Å². The molecule has 0 amide bonds. The Morgan fingerprint density at radius 2 is 1.88 bits per heavy atom. The van der Waals surface area contributed by atoms with Crippen LogP contribution in [-0.4, -0.2) is 62.9 Å². The van der Waals surface area contributed by atoms with Gasteiger partial charge >= 0.3 is 5.69 Å². The Labute approximate surface area is 190 Å². The van der Waals surface area contributed by atoms with Gasteiger partial charge in [-0.05, 0) is 24.6 Å². The van der Waals surface area contributed by atoms with Gasteiger partial charge in [0.2, 0.25) is 10.0 Å². The highest BCUT2D eigenvalue weighted by atomic mass is 32.2. The number of nitrogens with one attached hydrogen (secondary N) is 1. The fourth-order valence-corrected chi connectivity index (χ4v) is 5.52.